The van der Waals surface area contributed by atoms with Crippen molar-refractivity contribution in [1.82, 2.24) is 4.90 Å². The van der Waals surface area contributed by atoms with Crippen LogP contribution in [-0.2, 0) is 9.47 Å². The van der Waals surface area contributed by atoms with Crippen LogP contribution in [0.15, 0.2) is 24.3 Å². The van der Waals surface area contributed by atoms with Gasteiger partial charge in [0.15, 0.2) is 6.23 Å². The highest BCUT2D eigenvalue weighted by molar-refractivity contribution is 5.98. The molecule has 0 aliphatic carbocycles. The molecule has 0 N–H and O–H groups in total. The van der Waals surface area contributed by atoms with Crippen molar-refractivity contribution in [3.8, 4) is 0 Å². The molecule has 1 saturated heterocycles. The van der Waals surface area contributed by atoms with E-state index >= 15 is 0 Å². The molecule has 0 spiro atoms. The lowest BCUT2D eigenvalue weighted by atomic mass is 10.1. The number of benzene rings is 1. The van der Waals surface area contributed by atoms with E-state index in [9.17, 15) is 4.79 Å². The molecule has 18 heavy (non-hydrogen) atoms. The third-order valence-corrected chi connectivity index (χ3v) is 3.65. The van der Waals surface area contributed by atoms with Gasteiger partial charge in [0, 0.05) is 24.8 Å². The Morgan fingerprint density at radius 1 is 1.44 bits per heavy atom. The van der Waals surface area contributed by atoms with Crippen LogP contribution in [0.5, 0.6) is 0 Å². The quantitative estimate of drug-likeness (QED) is 0.819. The number of nitrogens with zero attached hydrogens (tertiary/aromatic N) is 1. The van der Waals surface area contributed by atoms with Gasteiger partial charge in [-0.1, -0.05) is 18.2 Å². The maximum absolute atomic E-state index is 12.3. The molecule has 0 unspecified atom stereocenters. The van der Waals surface area contributed by atoms with E-state index in [2.05, 4.69) is 0 Å². The molecular weight excluding hydrogens is 230 g/mol. The Hall–Kier alpha value is -1.39. The Kier molecular flexibility index (Phi) is 3.06. The van der Waals surface area contributed by atoms with Gasteiger partial charge in [-0.15, -0.1) is 0 Å². The molecule has 0 saturated carbocycles. The van der Waals surface area contributed by atoms with Crippen LogP contribution in [0.4, 0.5) is 0 Å². The predicted octanol–water partition coefficient (Wildman–Crippen LogP) is 1.97. The first-order chi connectivity index (χ1) is 8.81. The van der Waals surface area contributed by atoms with Crippen LogP contribution in [0, 0.1) is 0 Å². The molecular formula is C14H17NO3. The first-order valence-corrected chi connectivity index (χ1v) is 6.35. The molecule has 1 aromatic rings. The lowest BCUT2D eigenvalue weighted by Gasteiger charge is -2.26. The summed E-state index contributed by atoms with van der Waals surface area (Å²) in [4.78, 5) is 14.1. The molecule has 0 aromatic heterocycles. The van der Waals surface area contributed by atoms with Crippen molar-refractivity contribution in [3.63, 3.8) is 0 Å². The van der Waals surface area contributed by atoms with Crippen molar-refractivity contribution in [3.05, 3.63) is 35.4 Å². The smallest absolute Gasteiger partial charge is 0.256 e. The summed E-state index contributed by atoms with van der Waals surface area (Å²) in [5.74, 6) is 0.0490. The van der Waals surface area contributed by atoms with E-state index in [1.807, 2.05) is 24.3 Å². The second-order valence-electron chi connectivity index (χ2n) is 4.77. The van der Waals surface area contributed by atoms with Gasteiger partial charge in [0.2, 0.25) is 0 Å². The van der Waals surface area contributed by atoms with Gasteiger partial charge >= 0.3 is 0 Å². The van der Waals surface area contributed by atoms with Crippen molar-refractivity contribution in [2.24, 2.45) is 0 Å². The van der Waals surface area contributed by atoms with Crippen LogP contribution < -0.4 is 0 Å². The normalized spacial score (nSPS) is 26.7. The van der Waals surface area contributed by atoms with Gasteiger partial charge in [-0.25, -0.2) is 0 Å². The number of hydrogen-bond acceptors (Lipinski definition) is 3. The average Bonchev–Trinajstić information content (AvgIpc) is 2.99. The summed E-state index contributed by atoms with van der Waals surface area (Å²) in [5.41, 5.74) is 1.71. The highest BCUT2D eigenvalue weighted by atomic mass is 16.5. The monoisotopic (exact) mass is 247 g/mol. The molecule has 2 aliphatic heterocycles. The predicted molar refractivity (Wildman–Crippen MR) is 66.2 cm³/mol. The van der Waals surface area contributed by atoms with E-state index < -0.39 is 0 Å². The summed E-state index contributed by atoms with van der Waals surface area (Å²) >= 11 is 0. The first-order valence-electron chi connectivity index (χ1n) is 6.35. The fraction of sp³-hybridized carbons (Fsp3) is 0.500. The second-order valence-corrected chi connectivity index (χ2v) is 4.77. The third-order valence-electron chi connectivity index (χ3n) is 3.65. The number of fused-ring (bicyclic) bond motifs is 1. The van der Waals surface area contributed by atoms with Gasteiger partial charge < -0.3 is 14.4 Å². The maximum Gasteiger partial charge on any atom is 0.256 e. The van der Waals surface area contributed by atoms with Gasteiger partial charge in [-0.05, 0) is 18.9 Å². The van der Waals surface area contributed by atoms with Crippen LogP contribution in [0.1, 0.15) is 35.0 Å². The standard InChI is InChI=1S/C14H17NO3/c1-17-14-12-7-3-2-6-11(12)13(16)15(14)9-10-5-4-8-18-10/h2-3,6-7,10,14H,4-5,8-9H2,1H3/t10-,14+/m1/s1. The van der Waals surface area contributed by atoms with Crippen molar-refractivity contribution < 1.29 is 14.3 Å². The zero-order valence-corrected chi connectivity index (χ0v) is 10.5. The molecule has 2 aliphatic rings. The maximum atomic E-state index is 12.3. The van der Waals surface area contributed by atoms with Gasteiger partial charge in [0.25, 0.3) is 5.91 Å². The van der Waals surface area contributed by atoms with Crippen LogP contribution >= 0.6 is 0 Å². The summed E-state index contributed by atoms with van der Waals surface area (Å²) in [6.45, 7) is 1.42. The van der Waals surface area contributed by atoms with Crippen LogP contribution in [-0.4, -0.2) is 37.2 Å². The lowest BCUT2D eigenvalue weighted by Crippen LogP contribution is -2.35. The SMILES string of the molecule is CO[C@H]1c2ccccc2C(=O)N1C[C@H]1CCCO1. The molecule has 96 valence electrons. The Bertz CT molecular complexity index is 454. The number of methoxy groups -OCH3 is 1. The summed E-state index contributed by atoms with van der Waals surface area (Å²) in [5, 5.41) is 0. The van der Waals surface area contributed by atoms with Gasteiger partial charge in [-0.2, -0.15) is 0 Å². The molecule has 1 amide bonds. The average molecular weight is 247 g/mol. The van der Waals surface area contributed by atoms with E-state index in [0.717, 1.165) is 30.6 Å². The van der Waals surface area contributed by atoms with E-state index in [0.29, 0.717) is 6.54 Å². The summed E-state index contributed by atoms with van der Waals surface area (Å²) in [6.07, 6.45) is 1.99. The minimum Gasteiger partial charge on any atom is -0.376 e. The molecule has 0 radical (unpaired) electrons. The molecule has 4 heteroatoms. The molecule has 1 fully saturated rings. The summed E-state index contributed by atoms with van der Waals surface area (Å²) in [7, 11) is 1.64. The Labute approximate surface area is 106 Å². The number of carbonyl (C=O) groups excluding carboxylic acids is 1. The number of hydrogen-bond donors (Lipinski definition) is 0. The zero-order chi connectivity index (χ0) is 12.5. The van der Waals surface area contributed by atoms with Gasteiger partial charge in [-0.3, -0.25) is 4.79 Å². The Balaban J connectivity index is 1.85. The van der Waals surface area contributed by atoms with Crippen molar-refractivity contribution in [2.45, 2.75) is 25.2 Å². The molecule has 2 atom stereocenters. The largest absolute Gasteiger partial charge is 0.376 e. The number of ether oxygens (including phenoxy) is 2. The third kappa shape index (κ3) is 1.82. The minimum absolute atomic E-state index is 0.0490. The van der Waals surface area contributed by atoms with E-state index in [4.69, 9.17) is 9.47 Å². The van der Waals surface area contributed by atoms with E-state index in [1.54, 1.807) is 12.0 Å². The van der Waals surface area contributed by atoms with Crippen LogP contribution in [0.25, 0.3) is 0 Å². The topological polar surface area (TPSA) is 38.8 Å². The van der Waals surface area contributed by atoms with Crippen LogP contribution in [0.2, 0.25) is 0 Å². The highest BCUT2D eigenvalue weighted by Crippen LogP contribution is 2.34. The van der Waals surface area contributed by atoms with Gasteiger partial charge in [0.05, 0.1) is 12.6 Å². The number of amides is 1. The fourth-order valence-corrected chi connectivity index (χ4v) is 2.78. The van der Waals surface area contributed by atoms with E-state index in [1.165, 1.54) is 0 Å². The lowest BCUT2D eigenvalue weighted by molar-refractivity contribution is -0.0327. The van der Waals surface area contributed by atoms with Crippen molar-refractivity contribution in [2.75, 3.05) is 20.3 Å². The zero-order valence-electron chi connectivity index (χ0n) is 10.5. The number of carbonyl (C=O) groups is 1. The second kappa shape index (κ2) is 4.71. The molecule has 1 aromatic carbocycles. The molecule has 4 nitrogen and oxygen atoms in total. The molecule has 0 bridgehead atoms. The molecule has 2 heterocycles. The molecule has 3 rings (SSSR count). The fourth-order valence-electron chi connectivity index (χ4n) is 2.78. The summed E-state index contributed by atoms with van der Waals surface area (Å²) in [6, 6.07) is 7.64. The van der Waals surface area contributed by atoms with E-state index in [-0.39, 0.29) is 18.2 Å². The van der Waals surface area contributed by atoms with Crippen LogP contribution in [0.3, 0.4) is 0 Å². The minimum atomic E-state index is -0.266. The number of rotatable bonds is 3. The Morgan fingerprint density at radius 3 is 3.00 bits per heavy atom. The van der Waals surface area contributed by atoms with Crippen molar-refractivity contribution in [1.29, 1.82) is 0 Å². The highest BCUT2D eigenvalue weighted by Gasteiger charge is 2.38. The Morgan fingerprint density at radius 2 is 2.28 bits per heavy atom. The van der Waals surface area contributed by atoms with Gasteiger partial charge in [0.1, 0.15) is 0 Å². The summed E-state index contributed by atoms with van der Waals surface area (Å²) < 4.78 is 11.1. The van der Waals surface area contributed by atoms with Crippen molar-refractivity contribution >= 4 is 5.91 Å². The first kappa shape index (κ1) is 11.7.